The molecule has 3 heterocycles. The van der Waals surface area contributed by atoms with Crippen molar-refractivity contribution in [1.82, 2.24) is 15.3 Å². The Morgan fingerprint density at radius 2 is 2.08 bits per heavy atom. The predicted octanol–water partition coefficient (Wildman–Crippen LogP) is 3.02. The Kier molecular flexibility index (Phi) is 4.64. The molecule has 1 fully saturated rings. The fraction of sp³-hybridized carbons (Fsp3) is 0.250. The summed E-state index contributed by atoms with van der Waals surface area (Å²) >= 11 is 0. The van der Waals surface area contributed by atoms with Crippen molar-refractivity contribution in [3.05, 3.63) is 66.8 Å². The van der Waals surface area contributed by atoms with Gasteiger partial charge in [0.25, 0.3) is 0 Å². The molecule has 0 aliphatic carbocycles. The van der Waals surface area contributed by atoms with Crippen LogP contribution in [0.15, 0.2) is 65.4 Å². The molecule has 1 amide bonds. The first-order valence-corrected chi connectivity index (χ1v) is 8.76. The van der Waals surface area contributed by atoms with Crippen LogP contribution >= 0.6 is 0 Å². The first kappa shape index (κ1) is 16.3. The average molecular weight is 348 g/mol. The zero-order chi connectivity index (χ0) is 17.8. The molecule has 6 nitrogen and oxygen atoms in total. The third kappa shape index (κ3) is 3.44. The number of aromatic nitrogens is 2. The van der Waals surface area contributed by atoms with Gasteiger partial charge < -0.3 is 14.6 Å². The zero-order valence-electron chi connectivity index (χ0n) is 14.3. The number of rotatable bonds is 5. The molecule has 26 heavy (non-hydrogen) atoms. The maximum Gasteiger partial charge on any atom is 0.243 e. The van der Waals surface area contributed by atoms with E-state index in [2.05, 4.69) is 20.2 Å². The van der Waals surface area contributed by atoms with E-state index >= 15 is 0 Å². The van der Waals surface area contributed by atoms with Crippen LogP contribution in [0.25, 0.3) is 11.4 Å². The minimum Gasteiger partial charge on any atom is -0.467 e. The summed E-state index contributed by atoms with van der Waals surface area (Å²) < 4.78 is 5.27. The van der Waals surface area contributed by atoms with Gasteiger partial charge in [0.15, 0.2) is 5.82 Å². The highest BCUT2D eigenvalue weighted by atomic mass is 16.3. The largest absolute Gasteiger partial charge is 0.467 e. The zero-order valence-corrected chi connectivity index (χ0v) is 14.3. The molecule has 0 radical (unpaired) electrons. The van der Waals surface area contributed by atoms with Crippen molar-refractivity contribution in [1.29, 1.82) is 0 Å². The number of hydrogen-bond donors (Lipinski definition) is 1. The predicted molar refractivity (Wildman–Crippen MR) is 98.4 cm³/mol. The summed E-state index contributed by atoms with van der Waals surface area (Å²) in [4.78, 5) is 23.8. The first-order chi connectivity index (χ1) is 12.8. The summed E-state index contributed by atoms with van der Waals surface area (Å²) in [7, 11) is 0. The SMILES string of the molecule is O=C(NCc1ccco1)[C@H]1CCCN1c1ccnc(-c2ccccc2)n1. The lowest BCUT2D eigenvalue weighted by molar-refractivity contribution is -0.122. The minimum absolute atomic E-state index is 0.00114. The van der Waals surface area contributed by atoms with Crippen LogP contribution in [0.3, 0.4) is 0 Å². The Hall–Kier alpha value is -3.15. The molecule has 1 aliphatic rings. The van der Waals surface area contributed by atoms with Gasteiger partial charge in [0.2, 0.25) is 5.91 Å². The number of furan rings is 1. The van der Waals surface area contributed by atoms with Crippen LogP contribution in [-0.4, -0.2) is 28.5 Å². The van der Waals surface area contributed by atoms with Crippen LogP contribution in [0.4, 0.5) is 5.82 Å². The molecule has 1 atom stereocenters. The Balaban J connectivity index is 1.50. The molecule has 1 aliphatic heterocycles. The van der Waals surface area contributed by atoms with Gasteiger partial charge in [0.1, 0.15) is 17.6 Å². The number of benzene rings is 1. The van der Waals surface area contributed by atoms with Crippen molar-refractivity contribution in [2.75, 3.05) is 11.4 Å². The van der Waals surface area contributed by atoms with E-state index < -0.39 is 0 Å². The van der Waals surface area contributed by atoms with Crippen LogP contribution in [0, 0.1) is 0 Å². The maximum absolute atomic E-state index is 12.6. The number of nitrogens with zero attached hydrogens (tertiary/aromatic N) is 3. The maximum atomic E-state index is 12.6. The molecule has 0 spiro atoms. The third-order valence-corrected chi connectivity index (χ3v) is 4.54. The normalized spacial score (nSPS) is 16.6. The lowest BCUT2D eigenvalue weighted by Gasteiger charge is -2.25. The van der Waals surface area contributed by atoms with Crippen LogP contribution in [0.5, 0.6) is 0 Å². The van der Waals surface area contributed by atoms with Crippen molar-refractivity contribution >= 4 is 11.7 Å². The number of nitrogens with one attached hydrogen (secondary N) is 1. The van der Waals surface area contributed by atoms with Gasteiger partial charge >= 0.3 is 0 Å². The highest BCUT2D eigenvalue weighted by Crippen LogP contribution is 2.25. The molecular formula is C20H20N4O2. The van der Waals surface area contributed by atoms with Crippen LogP contribution in [0.1, 0.15) is 18.6 Å². The molecule has 2 aromatic heterocycles. The lowest BCUT2D eigenvalue weighted by Crippen LogP contribution is -2.43. The molecule has 1 aromatic carbocycles. The van der Waals surface area contributed by atoms with Gasteiger partial charge in [-0.2, -0.15) is 0 Å². The quantitative estimate of drug-likeness (QED) is 0.767. The van der Waals surface area contributed by atoms with Gasteiger partial charge in [-0.25, -0.2) is 9.97 Å². The second-order valence-corrected chi connectivity index (χ2v) is 6.25. The summed E-state index contributed by atoms with van der Waals surface area (Å²) in [5, 5.41) is 2.96. The topological polar surface area (TPSA) is 71.3 Å². The highest BCUT2D eigenvalue weighted by molar-refractivity contribution is 5.85. The molecule has 4 rings (SSSR count). The Morgan fingerprint density at radius 3 is 2.88 bits per heavy atom. The van der Waals surface area contributed by atoms with E-state index in [-0.39, 0.29) is 11.9 Å². The van der Waals surface area contributed by atoms with Gasteiger partial charge in [-0.3, -0.25) is 4.79 Å². The van der Waals surface area contributed by atoms with Crippen molar-refractivity contribution in [3.63, 3.8) is 0 Å². The first-order valence-electron chi connectivity index (χ1n) is 8.76. The second kappa shape index (κ2) is 7.39. The summed E-state index contributed by atoms with van der Waals surface area (Å²) in [5.41, 5.74) is 0.965. The van der Waals surface area contributed by atoms with E-state index in [1.807, 2.05) is 48.5 Å². The summed E-state index contributed by atoms with van der Waals surface area (Å²) in [6.45, 7) is 1.21. The number of carbonyl (C=O) groups is 1. The highest BCUT2D eigenvalue weighted by Gasteiger charge is 2.31. The van der Waals surface area contributed by atoms with Crippen molar-refractivity contribution in [2.24, 2.45) is 0 Å². The van der Waals surface area contributed by atoms with Crippen molar-refractivity contribution in [2.45, 2.75) is 25.4 Å². The smallest absolute Gasteiger partial charge is 0.243 e. The van der Waals surface area contributed by atoms with E-state index in [4.69, 9.17) is 4.42 Å². The molecule has 6 heteroatoms. The number of carbonyl (C=O) groups excluding carboxylic acids is 1. The Labute approximate surface area is 151 Å². The van der Waals surface area contributed by atoms with E-state index in [1.54, 1.807) is 12.5 Å². The number of amides is 1. The average Bonchev–Trinajstić information content (AvgIpc) is 3.39. The van der Waals surface area contributed by atoms with Gasteiger partial charge in [-0.05, 0) is 31.0 Å². The summed E-state index contributed by atoms with van der Waals surface area (Å²) in [5.74, 6) is 2.20. The van der Waals surface area contributed by atoms with E-state index in [0.717, 1.165) is 36.5 Å². The summed E-state index contributed by atoms with van der Waals surface area (Å²) in [6.07, 6.45) is 5.13. The molecule has 0 bridgehead atoms. The van der Waals surface area contributed by atoms with Gasteiger partial charge in [-0.15, -0.1) is 0 Å². The van der Waals surface area contributed by atoms with E-state index in [0.29, 0.717) is 12.4 Å². The standard InChI is InChI=1S/C20H20N4O2/c25-20(22-14-16-8-5-13-26-16)17-9-4-12-24(17)18-10-11-21-19(23-18)15-6-2-1-3-7-15/h1-3,5-8,10-11,13,17H,4,9,12,14H2,(H,22,25)/t17-/m1/s1. The van der Waals surface area contributed by atoms with Gasteiger partial charge in [-0.1, -0.05) is 30.3 Å². The molecule has 0 saturated carbocycles. The lowest BCUT2D eigenvalue weighted by atomic mass is 10.2. The Bertz CT molecular complexity index is 865. The second-order valence-electron chi connectivity index (χ2n) is 6.25. The monoisotopic (exact) mass is 348 g/mol. The van der Waals surface area contributed by atoms with Crippen molar-refractivity contribution < 1.29 is 9.21 Å². The van der Waals surface area contributed by atoms with Crippen LogP contribution < -0.4 is 10.2 Å². The van der Waals surface area contributed by atoms with Gasteiger partial charge in [0, 0.05) is 18.3 Å². The van der Waals surface area contributed by atoms with E-state index in [1.165, 1.54) is 0 Å². The van der Waals surface area contributed by atoms with Gasteiger partial charge in [0.05, 0.1) is 12.8 Å². The molecule has 1 N–H and O–H groups in total. The summed E-state index contributed by atoms with van der Waals surface area (Å²) in [6, 6.07) is 15.2. The number of anilines is 1. The fourth-order valence-corrected chi connectivity index (χ4v) is 3.25. The molecule has 1 saturated heterocycles. The number of hydrogen-bond acceptors (Lipinski definition) is 5. The molecule has 3 aromatic rings. The molecule has 132 valence electrons. The fourth-order valence-electron chi connectivity index (χ4n) is 3.25. The molecular weight excluding hydrogens is 328 g/mol. The van der Waals surface area contributed by atoms with Crippen molar-refractivity contribution in [3.8, 4) is 11.4 Å². The third-order valence-electron chi connectivity index (χ3n) is 4.54. The van der Waals surface area contributed by atoms with Crippen LogP contribution in [0.2, 0.25) is 0 Å². The Morgan fingerprint density at radius 1 is 1.19 bits per heavy atom. The minimum atomic E-state index is -0.219. The molecule has 0 unspecified atom stereocenters. The van der Waals surface area contributed by atoms with E-state index in [9.17, 15) is 4.79 Å². The van der Waals surface area contributed by atoms with Crippen LogP contribution in [-0.2, 0) is 11.3 Å².